The summed E-state index contributed by atoms with van der Waals surface area (Å²) in [6.07, 6.45) is 0. The van der Waals surface area contributed by atoms with Crippen LogP contribution in [0.25, 0.3) is 0 Å². The second kappa shape index (κ2) is 7.54. The zero-order valence-electron chi connectivity index (χ0n) is 13.2. The monoisotopic (exact) mass is 341 g/mol. The highest BCUT2D eigenvalue weighted by Gasteiger charge is 2.26. The van der Waals surface area contributed by atoms with Gasteiger partial charge in [-0.3, -0.25) is 14.9 Å². The minimum atomic E-state index is -0.423. The van der Waals surface area contributed by atoms with E-state index in [2.05, 4.69) is 0 Å². The largest absolute Gasteiger partial charge is 0.465 e. The third kappa shape index (κ3) is 4.28. The summed E-state index contributed by atoms with van der Waals surface area (Å²) in [4.78, 5) is 22.2. The third-order valence-electron chi connectivity index (χ3n) is 3.32. The highest BCUT2D eigenvalue weighted by Crippen LogP contribution is 2.43. The number of nitro groups is 1. The van der Waals surface area contributed by atoms with Gasteiger partial charge in [-0.2, -0.15) is 11.8 Å². The second-order valence-electron chi connectivity index (χ2n) is 5.36. The highest BCUT2D eigenvalue weighted by atomic mass is 32.2. The van der Waals surface area contributed by atoms with E-state index in [1.165, 1.54) is 17.8 Å². The van der Waals surface area contributed by atoms with Crippen LogP contribution in [0, 0.1) is 16.0 Å². The van der Waals surface area contributed by atoms with Gasteiger partial charge in [0.2, 0.25) is 6.79 Å². The summed E-state index contributed by atoms with van der Waals surface area (Å²) in [6, 6.07) is 3.05. The van der Waals surface area contributed by atoms with Crippen LogP contribution >= 0.6 is 11.8 Å². The predicted octanol–water partition coefficient (Wildman–Crippen LogP) is 3.32. The lowest BCUT2D eigenvalue weighted by Crippen LogP contribution is -2.13. The Morgan fingerprint density at radius 1 is 1.35 bits per heavy atom. The SMILES string of the molecule is CC(C)C(=O)OCCSC(C)c1cc2c(cc1[N+](=O)[O-])OCO2. The zero-order valence-corrected chi connectivity index (χ0v) is 14.1. The van der Waals surface area contributed by atoms with E-state index in [4.69, 9.17) is 14.2 Å². The van der Waals surface area contributed by atoms with Gasteiger partial charge in [-0.1, -0.05) is 13.8 Å². The first-order chi connectivity index (χ1) is 10.9. The molecular formula is C15H19NO6S. The van der Waals surface area contributed by atoms with Crippen LogP contribution in [-0.4, -0.2) is 30.0 Å². The first kappa shape index (κ1) is 17.4. The molecule has 1 aliphatic rings. The number of rotatable bonds is 7. The smallest absolute Gasteiger partial charge is 0.308 e. The number of esters is 1. The van der Waals surface area contributed by atoms with Crippen LogP contribution in [0.2, 0.25) is 0 Å². The Bertz CT molecular complexity index is 604. The molecule has 0 aromatic heterocycles. The first-order valence-corrected chi connectivity index (χ1v) is 8.31. The minimum Gasteiger partial charge on any atom is -0.465 e. The van der Waals surface area contributed by atoms with Crippen molar-refractivity contribution in [2.45, 2.75) is 26.0 Å². The summed E-state index contributed by atoms with van der Waals surface area (Å²) in [5.74, 6) is 1.07. The summed E-state index contributed by atoms with van der Waals surface area (Å²) in [5, 5.41) is 11.1. The molecule has 0 amide bonds. The Kier molecular flexibility index (Phi) is 5.70. The minimum absolute atomic E-state index is 0.00780. The number of ether oxygens (including phenoxy) is 3. The van der Waals surface area contributed by atoms with Crippen molar-refractivity contribution in [2.24, 2.45) is 5.92 Å². The molecule has 7 nitrogen and oxygen atoms in total. The van der Waals surface area contributed by atoms with Gasteiger partial charge in [-0.15, -0.1) is 0 Å². The molecule has 2 rings (SSSR count). The molecule has 23 heavy (non-hydrogen) atoms. The van der Waals surface area contributed by atoms with Gasteiger partial charge < -0.3 is 14.2 Å². The lowest BCUT2D eigenvalue weighted by Gasteiger charge is -2.13. The molecule has 0 saturated heterocycles. The highest BCUT2D eigenvalue weighted by molar-refractivity contribution is 7.99. The molecule has 1 aromatic carbocycles. The number of carbonyl (C=O) groups is 1. The average molecular weight is 341 g/mol. The Labute approximate surface area is 138 Å². The lowest BCUT2D eigenvalue weighted by atomic mass is 10.1. The maximum atomic E-state index is 11.4. The van der Waals surface area contributed by atoms with Gasteiger partial charge in [0.15, 0.2) is 11.5 Å². The van der Waals surface area contributed by atoms with E-state index in [1.807, 2.05) is 6.92 Å². The number of nitro benzene ring substituents is 1. The molecular weight excluding hydrogens is 322 g/mol. The summed E-state index contributed by atoms with van der Waals surface area (Å²) >= 11 is 1.48. The fourth-order valence-corrected chi connectivity index (χ4v) is 2.96. The number of thioether (sulfide) groups is 1. The van der Waals surface area contributed by atoms with Gasteiger partial charge in [0.05, 0.1) is 16.9 Å². The Morgan fingerprint density at radius 3 is 2.61 bits per heavy atom. The number of nitrogens with zero attached hydrogens (tertiary/aromatic N) is 1. The average Bonchev–Trinajstić information content (AvgIpc) is 2.96. The Hall–Kier alpha value is -1.96. The Morgan fingerprint density at radius 2 is 2.00 bits per heavy atom. The van der Waals surface area contributed by atoms with Crippen LogP contribution in [-0.2, 0) is 9.53 Å². The first-order valence-electron chi connectivity index (χ1n) is 7.26. The number of fused-ring (bicyclic) bond motifs is 1. The van der Waals surface area contributed by atoms with E-state index in [0.29, 0.717) is 22.8 Å². The van der Waals surface area contributed by atoms with Crippen molar-refractivity contribution in [1.29, 1.82) is 0 Å². The van der Waals surface area contributed by atoms with Gasteiger partial charge in [0, 0.05) is 16.6 Å². The maximum Gasteiger partial charge on any atom is 0.308 e. The van der Waals surface area contributed by atoms with Crippen molar-refractivity contribution in [3.63, 3.8) is 0 Å². The van der Waals surface area contributed by atoms with Crippen LogP contribution in [0.3, 0.4) is 0 Å². The van der Waals surface area contributed by atoms with Crippen molar-refractivity contribution in [2.75, 3.05) is 19.2 Å². The second-order valence-corrected chi connectivity index (χ2v) is 6.81. The number of hydrogen-bond acceptors (Lipinski definition) is 7. The van der Waals surface area contributed by atoms with Crippen LogP contribution in [0.4, 0.5) is 5.69 Å². The van der Waals surface area contributed by atoms with Crippen molar-refractivity contribution in [3.8, 4) is 11.5 Å². The molecule has 0 N–H and O–H groups in total. The predicted molar refractivity (Wildman–Crippen MR) is 85.9 cm³/mol. The van der Waals surface area contributed by atoms with Crippen LogP contribution in [0.15, 0.2) is 12.1 Å². The molecule has 8 heteroatoms. The molecule has 0 aliphatic carbocycles. The molecule has 0 fully saturated rings. The molecule has 1 atom stereocenters. The van der Waals surface area contributed by atoms with Crippen LogP contribution in [0.5, 0.6) is 11.5 Å². The van der Waals surface area contributed by atoms with E-state index in [9.17, 15) is 14.9 Å². The van der Waals surface area contributed by atoms with E-state index in [-0.39, 0.29) is 36.2 Å². The summed E-state index contributed by atoms with van der Waals surface area (Å²) in [6.45, 7) is 5.77. The van der Waals surface area contributed by atoms with Crippen LogP contribution < -0.4 is 9.47 Å². The standard InChI is InChI=1S/C15H19NO6S/c1-9(2)15(17)20-4-5-23-10(3)11-6-13-14(22-8-21-13)7-12(11)16(18)19/h6-7,9-10H,4-5,8H2,1-3H3. The Balaban J connectivity index is 2.00. The molecule has 126 valence electrons. The van der Waals surface area contributed by atoms with Crippen molar-refractivity contribution in [1.82, 2.24) is 0 Å². The van der Waals surface area contributed by atoms with E-state index < -0.39 is 4.92 Å². The summed E-state index contributed by atoms with van der Waals surface area (Å²) in [5.41, 5.74) is 0.577. The number of hydrogen-bond donors (Lipinski definition) is 0. The molecule has 1 unspecified atom stereocenters. The van der Waals surface area contributed by atoms with Gasteiger partial charge >= 0.3 is 5.97 Å². The van der Waals surface area contributed by atoms with Crippen LogP contribution in [0.1, 0.15) is 31.6 Å². The molecule has 1 heterocycles. The topological polar surface area (TPSA) is 87.9 Å². The molecule has 0 spiro atoms. The molecule has 0 saturated carbocycles. The quantitative estimate of drug-likeness (QED) is 0.325. The van der Waals surface area contributed by atoms with Crippen molar-refractivity contribution in [3.05, 3.63) is 27.8 Å². The lowest BCUT2D eigenvalue weighted by molar-refractivity contribution is -0.385. The fraction of sp³-hybridized carbons (Fsp3) is 0.533. The van der Waals surface area contributed by atoms with Crippen molar-refractivity contribution < 1.29 is 23.9 Å². The molecule has 0 radical (unpaired) electrons. The summed E-state index contributed by atoms with van der Waals surface area (Å²) in [7, 11) is 0. The van der Waals surface area contributed by atoms with Gasteiger partial charge in [-0.05, 0) is 13.0 Å². The van der Waals surface area contributed by atoms with E-state index in [1.54, 1.807) is 19.9 Å². The van der Waals surface area contributed by atoms with Crippen molar-refractivity contribution >= 4 is 23.4 Å². The molecule has 0 bridgehead atoms. The molecule has 1 aromatic rings. The number of carbonyl (C=O) groups excluding carboxylic acids is 1. The fourth-order valence-electron chi connectivity index (χ4n) is 2.05. The summed E-state index contributed by atoms with van der Waals surface area (Å²) < 4.78 is 15.6. The van der Waals surface area contributed by atoms with E-state index >= 15 is 0 Å². The third-order valence-corrected chi connectivity index (χ3v) is 4.48. The van der Waals surface area contributed by atoms with Gasteiger partial charge in [0.1, 0.15) is 6.61 Å². The normalized spacial score (nSPS) is 13.9. The van der Waals surface area contributed by atoms with Gasteiger partial charge in [-0.25, -0.2) is 0 Å². The number of benzene rings is 1. The zero-order chi connectivity index (χ0) is 17.0. The van der Waals surface area contributed by atoms with E-state index in [0.717, 1.165) is 0 Å². The van der Waals surface area contributed by atoms with Gasteiger partial charge in [0.25, 0.3) is 5.69 Å². The molecule has 1 aliphatic heterocycles. The maximum absolute atomic E-state index is 11.4.